The number of rotatable bonds is 5. The summed E-state index contributed by atoms with van der Waals surface area (Å²) in [6.45, 7) is 2.37. The second-order valence-electron chi connectivity index (χ2n) is 5.37. The van der Waals surface area contributed by atoms with E-state index in [1.54, 1.807) is 6.92 Å². The van der Waals surface area contributed by atoms with Gasteiger partial charge in [-0.3, -0.25) is 4.79 Å². The Kier molecular flexibility index (Phi) is 6.36. The lowest BCUT2D eigenvalue weighted by molar-refractivity contribution is -0.149. The number of sulfonamides is 1. The van der Waals surface area contributed by atoms with Crippen LogP contribution in [0.3, 0.4) is 0 Å². The zero-order valence-electron chi connectivity index (χ0n) is 13.4. The second kappa shape index (κ2) is 7.91. The van der Waals surface area contributed by atoms with Crippen LogP contribution in [0.15, 0.2) is 17.0 Å². The van der Waals surface area contributed by atoms with Crippen LogP contribution in [0.1, 0.15) is 19.8 Å². The number of esters is 1. The molecule has 9 heteroatoms. The van der Waals surface area contributed by atoms with Crippen molar-refractivity contribution >= 4 is 39.2 Å². The van der Waals surface area contributed by atoms with Gasteiger partial charge in [-0.25, -0.2) is 8.42 Å². The first kappa shape index (κ1) is 19.3. The van der Waals surface area contributed by atoms with Gasteiger partial charge in [0, 0.05) is 19.2 Å². The van der Waals surface area contributed by atoms with Crippen LogP contribution in [0.4, 0.5) is 0 Å². The maximum atomic E-state index is 12.9. The van der Waals surface area contributed by atoms with E-state index in [1.807, 2.05) is 0 Å². The van der Waals surface area contributed by atoms with Gasteiger partial charge in [0.1, 0.15) is 10.6 Å². The van der Waals surface area contributed by atoms with Crippen molar-refractivity contribution in [2.24, 2.45) is 5.92 Å². The Morgan fingerprint density at radius 2 is 2.04 bits per heavy atom. The standard InChI is InChI=1S/C15H19Cl2NO5S/c1-3-23-15(19)10-5-4-6-18(9-10)24(20,21)14-8-11(16)13(22-2)7-12(14)17/h7-8,10H,3-6,9H2,1-2H3. The molecule has 24 heavy (non-hydrogen) atoms. The molecular formula is C15H19Cl2NO5S. The van der Waals surface area contributed by atoms with Crippen LogP contribution in [-0.4, -0.2) is 45.5 Å². The van der Waals surface area contributed by atoms with E-state index < -0.39 is 15.9 Å². The molecule has 2 rings (SSSR count). The van der Waals surface area contributed by atoms with Crippen molar-refractivity contribution in [1.82, 2.24) is 4.31 Å². The Balaban J connectivity index is 2.30. The summed E-state index contributed by atoms with van der Waals surface area (Å²) < 4.78 is 37.0. The molecule has 1 aromatic carbocycles. The average Bonchev–Trinajstić information content (AvgIpc) is 2.56. The molecule has 1 aromatic rings. The Hall–Kier alpha value is -1.02. The van der Waals surface area contributed by atoms with Gasteiger partial charge in [-0.1, -0.05) is 23.2 Å². The number of piperidine rings is 1. The maximum Gasteiger partial charge on any atom is 0.310 e. The summed E-state index contributed by atoms with van der Waals surface area (Å²) in [7, 11) is -2.45. The second-order valence-corrected chi connectivity index (χ2v) is 8.09. The Morgan fingerprint density at radius 3 is 2.67 bits per heavy atom. The smallest absolute Gasteiger partial charge is 0.310 e. The van der Waals surface area contributed by atoms with E-state index in [-0.39, 0.29) is 34.1 Å². The van der Waals surface area contributed by atoms with Crippen molar-refractivity contribution in [3.63, 3.8) is 0 Å². The van der Waals surface area contributed by atoms with Crippen molar-refractivity contribution in [3.05, 3.63) is 22.2 Å². The van der Waals surface area contributed by atoms with Crippen LogP contribution < -0.4 is 4.74 Å². The largest absolute Gasteiger partial charge is 0.495 e. The highest BCUT2D eigenvalue weighted by molar-refractivity contribution is 7.89. The maximum absolute atomic E-state index is 12.9. The summed E-state index contributed by atoms with van der Waals surface area (Å²) in [6.07, 6.45) is 1.17. The molecule has 1 heterocycles. The van der Waals surface area contributed by atoms with Crippen LogP contribution in [0.25, 0.3) is 0 Å². The van der Waals surface area contributed by atoms with Crippen LogP contribution >= 0.6 is 23.2 Å². The van der Waals surface area contributed by atoms with Crippen molar-refractivity contribution in [2.75, 3.05) is 26.8 Å². The lowest BCUT2D eigenvalue weighted by Gasteiger charge is -2.31. The van der Waals surface area contributed by atoms with Gasteiger partial charge in [0.2, 0.25) is 10.0 Å². The molecule has 0 N–H and O–H groups in total. The first-order chi connectivity index (χ1) is 11.3. The van der Waals surface area contributed by atoms with Crippen molar-refractivity contribution in [2.45, 2.75) is 24.7 Å². The van der Waals surface area contributed by atoms with E-state index in [4.69, 9.17) is 32.7 Å². The van der Waals surface area contributed by atoms with Crippen LogP contribution in [-0.2, 0) is 19.6 Å². The molecule has 1 aliphatic rings. The summed E-state index contributed by atoms with van der Waals surface area (Å²) in [5.41, 5.74) is 0. The fourth-order valence-electron chi connectivity index (χ4n) is 2.62. The van der Waals surface area contributed by atoms with Crippen molar-refractivity contribution in [3.8, 4) is 5.75 Å². The molecule has 0 aliphatic carbocycles. The molecule has 0 radical (unpaired) electrons. The summed E-state index contributed by atoms with van der Waals surface area (Å²) in [6, 6.07) is 2.63. The van der Waals surface area contributed by atoms with Crippen LogP contribution in [0.5, 0.6) is 5.75 Å². The van der Waals surface area contributed by atoms with E-state index in [2.05, 4.69) is 0 Å². The lowest BCUT2D eigenvalue weighted by Crippen LogP contribution is -2.42. The Morgan fingerprint density at radius 1 is 1.33 bits per heavy atom. The van der Waals surface area contributed by atoms with Crippen molar-refractivity contribution < 1.29 is 22.7 Å². The van der Waals surface area contributed by atoms with Gasteiger partial charge in [-0.15, -0.1) is 0 Å². The third-order valence-electron chi connectivity index (χ3n) is 3.83. The normalized spacial score (nSPS) is 19.1. The molecule has 0 aromatic heterocycles. The van der Waals surface area contributed by atoms with Gasteiger partial charge in [0.25, 0.3) is 0 Å². The van der Waals surface area contributed by atoms with Gasteiger partial charge in [-0.05, 0) is 25.8 Å². The monoisotopic (exact) mass is 395 g/mol. The first-order valence-corrected chi connectivity index (χ1v) is 9.70. The Bertz CT molecular complexity index is 723. The molecule has 1 saturated heterocycles. The number of halogens is 2. The van der Waals surface area contributed by atoms with E-state index in [0.717, 1.165) is 0 Å². The molecule has 0 amide bonds. The minimum atomic E-state index is -3.87. The van der Waals surface area contributed by atoms with E-state index >= 15 is 0 Å². The van der Waals surface area contributed by atoms with Crippen molar-refractivity contribution in [1.29, 1.82) is 0 Å². The zero-order chi connectivity index (χ0) is 17.9. The fraction of sp³-hybridized carbons (Fsp3) is 0.533. The van der Waals surface area contributed by atoms with Crippen LogP contribution in [0.2, 0.25) is 10.0 Å². The van der Waals surface area contributed by atoms with E-state index in [1.165, 1.54) is 23.5 Å². The zero-order valence-corrected chi connectivity index (χ0v) is 15.7. The number of ether oxygens (including phenoxy) is 2. The molecule has 1 unspecified atom stereocenters. The Labute approximate surface area is 151 Å². The number of hydrogen-bond donors (Lipinski definition) is 0. The average molecular weight is 396 g/mol. The quantitative estimate of drug-likeness (QED) is 0.716. The number of hydrogen-bond acceptors (Lipinski definition) is 5. The predicted molar refractivity (Wildman–Crippen MR) is 91.1 cm³/mol. The molecule has 0 bridgehead atoms. The molecule has 1 fully saturated rings. The summed E-state index contributed by atoms with van der Waals surface area (Å²) in [5, 5.41) is 0.175. The predicted octanol–water partition coefficient (Wildman–Crippen LogP) is 2.97. The minimum Gasteiger partial charge on any atom is -0.495 e. The number of carbonyl (C=O) groups is 1. The third kappa shape index (κ3) is 3.96. The minimum absolute atomic E-state index is 0.0227. The summed E-state index contributed by atoms with van der Waals surface area (Å²) in [4.78, 5) is 11.8. The number of methoxy groups -OCH3 is 1. The first-order valence-electron chi connectivity index (χ1n) is 7.51. The molecule has 134 valence electrons. The number of nitrogens with zero attached hydrogens (tertiary/aromatic N) is 1. The SMILES string of the molecule is CCOC(=O)C1CCCN(S(=O)(=O)c2cc(Cl)c(OC)cc2Cl)C1. The molecule has 1 aliphatic heterocycles. The molecule has 1 atom stereocenters. The molecule has 0 saturated carbocycles. The summed E-state index contributed by atoms with van der Waals surface area (Å²) >= 11 is 12.1. The summed E-state index contributed by atoms with van der Waals surface area (Å²) in [5.74, 6) is -0.555. The van der Waals surface area contributed by atoms with Crippen LogP contribution in [0, 0.1) is 5.92 Å². The number of benzene rings is 1. The van der Waals surface area contributed by atoms with Gasteiger partial charge in [-0.2, -0.15) is 4.31 Å². The molecular weight excluding hydrogens is 377 g/mol. The number of carbonyl (C=O) groups excluding carboxylic acids is 1. The van der Waals surface area contributed by atoms with Gasteiger partial charge in [0.05, 0.1) is 29.7 Å². The highest BCUT2D eigenvalue weighted by Gasteiger charge is 2.35. The van der Waals surface area contributed by atoms with Gasteiger partial charge in [0.15, 0.2) is 0 Å². The highest BCUT2D eigenvalue weighted by Crippen LogP contribution is 2.35. The highest BCUT2D eigenvalue weighted by atomic mass is 35.5. The van der Waals surface area contributed by atoms with E-state index in [9.17, 15) is 13.2 Å². The fourth-order valence-corrected chi connectivity index (χ4v) is 4.96. The van der Waals surface area contributed by atoms with E-state index in [0.29, 0.717) is 25.1 Å². The topological polar surface area (TPSA) is 72.9 Å². The molecule has 0 spiro atoms. The van der Waals surface area contributed by atoms with Gasteiger partial charge >= 0.3 is 5.97 Å². The molecule has 6 nitrogen and oxygen atoms in total. The third-order valence-corrected chi connectivity index (χ3v) is 6.45. The van der Waals surface area contributed by atoms with Gasteiger partial charge < -0.3 is 9.47 Å². The lowest BCUT2D eigenvalue weighted by atomic mass is 10.0.